The van der Waals surface area contributed by atoms with Crippen molar-refractivity contribution in [3.63, 3.8) is 0 Å². The van der Waals surface area contributed by atoms with Crippen LogP contribution in [0.4, 0.5) is 4.79 Å². The summed E-state index contributed by atoms with van der Waals surface area (Å²) < 4.78 is 4.98. The van der Waals surface area contributed by atoms with Gasteiger partial charge >= 0.3 is 6.09 Å². The molecule has 2 aromatic carbocycles. The lowest BCUT2D eigenvalue weighted by atomic mass is 10.1. The fourth-order valence-corrected chi connectivity index (χ4v) is 1.56. The number of carbonyl (C=O) groups excluding carboxylic acids is 1. The van der Waals surface area contributed by atoms with Gasteiger partial charge in [-0.15, -0.1) is 0 Å². The molecule has 1 amide bonds. The largest absolute Gasteiger partial charge is 0.421 e. The average Bonchev–Trinajstić information content (AvgIpc) is 2.40. The van der Waals surface area contributed by atoms with Crippen LogP contribution in [0.3, 0.4) is 0 Å². The lowest BCUT2D eigenvalue weighted by Crippen LogP contribution is -2.01. The first-order valence-electron chi connectivity index (χ1n) is 5.22. The predicted octanol–water partition coefficient (Wildman–Crippen LogP) is 4.16. The molecule has 0 heterocycles. The minimum atomic E-state index is -0.971. The lowest BCUT2D eigenvalue weighted by molar-refractivity contribution is 0.211. The Labute approximate surface area is 103 Å². The second kappa shape index (κ2) is 5.52. The fourth-order valence-electron chi connectivity index (χ4n) is 1.56. The summed E-state index contributed by atoms with van der Waals surface area (Å²) in [6.07, 6.45) is -0.971. The van der Waals surface area contributed by atoms with Crippen LogP contribution in [0.25, 0.3) is 21.6 Å². The summed E-state index contributed by atoms with van der Waals surface area (Å²) in [6.45, 7) is 0. The van der Waals surface area contributed by atoms with E-state index in [2.05, 4.69) is 10.0 Å². The minimum absolute atomic E-state index is 0.362. The SMILES string of the molecule is [N-]=[N+]=NC(=O)Oc1ccccc1-c1ccccc1. The van der Waals surface area contributed by atoms with Crippen LogP contribution < -0.4 is 4.74 Å². The van der Waals surface area contributed by atoms with Gasteiger partial charge in [0.2, 0.25) is 0 Å². The zero-order valence-corrected chi connectivity index (χ0v) is 9.35. The topological polar surface area (TPSA) is 75.1 Å². The van der Waals surface area contributed by atoms with Crippen LogP contribution in [0.5, 0.6) is 5.75 Å². The van der Waals surface area contributed by atoms with Gasteiger partial charge < -0.3 is 4.74 Å². The van der Waals surface area contributed by atoms with E-state index in [4.69, 9.17) is 10.3 Å². The maximum Gasteiger partial charge on any atom is 0.402 e. The molecular formula is C13H9N3O2. The maximum absolute atomic E-state index is 11.2. The van der Waals surface area contributed by atoms with E-state index < -0.39 is 6.09 Å². The highest BCUT2D eigenvalue weighted by atomic mass is 16.6. The van der Waals surface area contributed by atoms with Crippen molar-refractivity contribution in [3.05, 3.63) is 65.0 Å². The van der Waals surface area contributed by atoms with Crippen LogP contribution in [0.15, 0.2) is 59.7 Å². The molecule has 88 valence electrons. The third-order valence-corrected chi connectivity index (χ3v) is 2.30. The van der Waals surface area contributed by atoms with Gasteiger partial charge in [-0.25, -0.2) is 4.79 Å². The van der Waals surface area contributed by atoms with Crippen molar-refractivity contribution in [3.8, 4) is 16.9 Å². The summed E-state index contributed by atoms with van der Waals surface area (Å²) in [7, 11) is 0. The lowest BCUT2D eigenvalue weighted by Gasteiger charge is -2.08. The first-order chi connectivity index (χ1) is 8.81. The van der Waals surface area contributed by atoms with Crippen LogP contribution >= 0.6 is 0 Å². The van der Waals surface area contributed by atoms with Gasteiger partial charge in [0.1, 0.15) is 5.75 Å². The molecule has 0 N–H and O–H groups in total. The van der Waals surface area contributed by atoms with Gasteiger partial charge in [-0.3, -0.25) is 0 Å². The molecule has 0 saturated carbocycles. The molecule has 0 aliphatic carbocycles. The van der Waals surface area contributed by atoms with Gasteiger partial charge in [0.05, 0.1) is 0 Å². The molecule has 0 aliphatic rings. The Morgan fingerprint density at radius 1 is 1.06 bits per heavy atom. The third kappa shape index (κ3) is 2.66. The number of azide groups is 1. The molecule has 0 atom stereocenters. The van der Waals surface area contributed by atoms with E-state index in [0.717, 1.165) is 11.1 Å². The van der Waals surface area contributed by atoms with Gasteiger partial charge in [0, 0.05) is 15.6 Å². The molecule has 0 aliphatic heterocycles. The Balaban J connectivity index is 2.37. The Hall–Kier alpha value is -2.78. The van der Waals surface area contributed by atoms with Gasteiger partial charge in [-0.05, 0) is 17.2 Å². The molecule has 2 aromatic rings. The van der Waals surface area contributed by atoms with Crippen LogP contribution in [-0.2, 0) is 0 Å². The average molecular weight is 239 g/mol. The molecule has 0 aromatic heterocycles. The van der Waals surface area contributed by atoms with E-state index in [1.165, 1.54) is 0 Å². The first-order valence-corrected chi connectivity index (χ1v) is 5.22. The van der Waals surface area contributed by atoms with Crippen molar-refractivity contribution in [2.24, 2.45) is 5.11 Å². The second-order valence-electron chi connectivity index (χ2n) is 3.42. The van der Waals surface area contributed by atoms with E-state index in [1.807, 2.05) is 42.5 Å². The highest BCUT2D eigenvalue weighted by Crippen LogP contribution is 2.29. The van der Waals surface area contributed by atoms with E-state index >= 15 is 0 Å². The summed E-state index contributed by atoms with van der Waals surface area (Å²) in [4.78, 5) is 13.5. The first kappa shape index (κ1) is 11.7. The molecule has 0 fully saturated rings. The molecular weight excluding hydrogens is 230 g/mol. The molecule has 0 unspecified atom stereocenters. The van der Waals surface area contributed by atoms with E-state index in [1.54, 1.807) is 12.1 Å². The summed E-state index contributed by atoms with van der Waals surface area (Å²) in [5.41, 5.74) is 9.84. The molecule has 18 heavy (non-hydrogen) atoms. The Bertz CT molecular complexity index is 605. The number of amides is 1. The normalized spacial score (nSPS) is 9.33. The number of benzene rings is 2. The molecule has 2 rings (SSSR count). The van der Waals surface area contributed by atoms with Crippen LogP contribution in [0.1, 0.15) is 0 Å². The summed E-state index contributed by atoms with van der Waals surface area (Å²) in [5, 5.41) is 2.87. The Kier molecular flexibility index (Phi) is 3.59. The van der Waals surface area contributed by atoms with Crippen molar-refractivity contribution < 1.29 is 9.53 Å². The Morgan fingerprint density at radius 3 is 2.44 bits per heavy atom. The number of para-hydroxylation sites is 1. The predicted molar refractivity (Wildman–Crippen MR) is 67.0 cm³/mol. The Morgan fingerprint density at radius 2 is 1.72 bits per heavy atom. The fraction of sp³-hybridized carbons (Fsp3) is 0. The van der Waals surface area contributed by atoms with E-state index in [9.17, 15) is 4.79 Å². The summed E-state index contributed by atoms with van der Waals surface area (Å²) in [5.74, 6) is 0.362. The molecule has 0 bridgehead atoms. The summed E-state index contributed by atoms with van der Waals surface area (Å²) >= 11 is 0. The van der Waals surface area contributed by atoms with Crippen molar-refractivity contribution in [1.29, 1.82) is 0 Å². The van der Waals surface area contributed by atoms with Gasteiger partial charge in [-0.1, -0.05) is 48.5 Å². The number of hydrogen-bond donors (Lipinski definition) is 0. The zero-order valence-electron chi connectivity index (χ0n) is 9.35. The number of rotatable bonds is 2. The monoisotopic (exact) mass is 239 g/mol. The quantitative estimate of drug-likeness (QED) is 0.448. The third-order valence-electron chi connectivity index (χ3n) is 2.30. The standard InChI is InChI=1S/C13H9N3O2/c14-16-15-13(17)18-12-9-5-4-8-11(12)10-6-2-1-3-7-10/h1-9H. The number of carbonyl (C=O) groups is 1. The van der Waals surface area contributed by atoms with E-state index in [-0.39, 0.29) is 0 Å². The van der Waals surface area contributed by atoms with Crippen LogP contribution in [0, 0.1) is 0 Å². The molecule has 5 heteroatoms. The zero-order chi connectivity index (χ0) is 12.8. The number of hydrogen-bond acceptors (Lipinski definition) is 2. The molecule has 5 nitrogen and oxygen atoms in total. The van der Waals surface area contributed by atoms with Crippen LogP contribution in [0.2, 0.25) is 0 Å². The van der Waals surface area contributed by atoms with Gasteiger partial charge in [-0.2, -0.15) is 0 Å². The van der Waals surface area contributed by atoms with Crippen LogP contribution in [-0.4, -0.2) is 6.09 Å². The van der Waals surface area contributed by atoms with Crippen molar-refractivity contribution in [2.45, 2.75) is 0 Å². The molecule has 0 radical (unpaired) electrons. The second-order valence-corrected chi connectivity index (χ2v) is 3.42. The van der Waals surface area contributed by atoms with Crippen molar-refractivity contribution in [2.75, 3.05) is 0 Å². The highest BCUT2D eigenvalue weighted by Gasteiger charge is 2.08. The number of nitrogens with zero attached hydrogens (tertiary/aromatic N) is 3. The molecule has 0 spiro atoms. The highest BCUT2D eigenvalue weighted by molar-refractivity contribution is 5.77. The maximum atomic E-state index is 11.2. The summed E-state index contributed by atoms with van der Waals surface area (Å²) in [6, 6.07) is 16.5. The van der Waals surface area contributed by atoms with Crippen molar-refractivity contribution >= 4 is 6.09 Å². The minimum Gasteiger partial charge on any atom is -0.421 e. The number of ether oxygens (including phenoxy) is 1. The van der Waals surface area contributed by atoms with Crippen molar-refractivity contribution in [1.82, 2.24) is 0 Å². The smallest absolute Gasteiger partial charge is 0.402 e. The van der Waals surface area contributed by atoms with Gasteiger partial charge in [0.25, 0.3) is 0 Å². The van der Waals surface area contributed by atoms with E-state index in [0.29, 0.717) is 5.75 Å². The van der Waals surface area contributed by atoms with Gasteiger partial charge in [0.15, 0.2) is 0 Å². The molecule has 0 saturated heterocycles.